The van der Waals surface area contributed by atoms with Crippen molar-refractivity contribution in [3.63, 3.8) is 0 Å². The van der Waals surface area contributed by atoms with E-state index in [1.54, 1.807) is 5.19 Å². The molecule has 0 unspecified atom stereocenters. The molecule has 0 aliphatic rings. The van der Waals surface area contributed by atoms with Gasteiger partial charge in [-0.05, 0) is 24.0 Å². The third-order valence-electron chi connectivity index (χ3n) is 3.08. The maximum absolute atomic E-state index is 2.37. The molecule has 1 heteroatoms. The normalized spacial score (nSPS) is 10.8. The molecule has 0 aliphatic heterocycles. The molecule has 2 aromatic carbocycles. The number of benzene rings is 2. The summed E-state index contributed by atoms with van der Waals surface area (Å²) in [6, 6.07) is 19.7. The van der Waals surface area contributed by atoms with Crippen LogP contribution in [0.2, 0.25) is 13.1 Å². The molecular weight excluding hydrogens is 220 g/mol. The van der Waals surface area contributed by atoms with Crippen molar-refractivity contribution in [3.8, 4) is 0 Å². The van der Waals surface area contributed by atoms with E-state index in [4.69, 9.17) is 0 Å². The van der Waals surface area contributed by atoms with Gasteiger partial charge in [0, 0.05) is 0 Å². The SMILES string of the molecule is C[Si](C)c1ccccc1CCc1ccccc1. The quantitative estimate of drug-likeness (QED) is 0.717. The molecule has 0 atom stereocenters. The lowest BCUT2D eigenvalue weighted by molar-refractivity contribution is 0.966. The van der Waals surface area contributed by atoms with Crippen molar-refractivity contribution in [1.29, 1.82) is 0 Å². The molecule has 0 heterocycles. The fourth-order valence-electron chi connectivity index (χ4n) is 2.15. The van der Waals surface area contributed by atoms with Crippen molar-refractivity contribution in [2.45, 2.75) is 25.9 Å². The van der Waals surface area contributed by atoms with Gasteiger partial charge in [0.2, 0.25) is 0 Å². The van der Waals surface area contributed by atoms with Crippen LogP contribution in [0.1, 0.15) is 11.1 Å². The monoisotopic (exact) mass is 239 g/mol. The van der Waals surface area contributed by atoms with E-state index in [1.807, 2.05) is 0 Å². The van der Waals surface area contributed by atoms with Gasteiger partial charge in [-0.25, -0.2) is 0 Å². The summed E-state index contributed by atoms with van der Waals surface area (Å²) in [5.74, 6) is 0. The van der Waals surface area contributed by atoms with Gasteiger partial charge >= 0.3 is 0 Å². The predicted molar refractivity (Wildman–Crippen MR) is 77.4 cm³/mol. The zero-order chi connectivity index (χ0) is 12.1. The first-order valence-corrected chi connectivity index (χ1v) is 8.70. The highest BCUT2D eigenvalue weighted by atomic mass is 28.3. The first-order chi connectivity index (χ1) is 8.27. The molecule has 0 bridgehead atoms. The van der Waals surface area contributed by atoms with E-state index in [0.717, 1.165) is 12.8 Å². The summed E-state index contributed by atoms with van der Waals surface area (Å²) >= 11 is 0. The van der Waals surface area contributed by atoms with Crippen molar-refractivity contribution in [1.82, 2.24) is 0 Å². The van der Waals surface area contributed by atoms with Crippen LogP contribution < -0.4 is 5.19 Å². The van der Waals surface area contributed by atoms with Gasteiger partial charge in [-0.2, -0.15) is 0 Å². The van der Waals surface area contributed by atoms with Gasteiger partial charge in [0.25, 0.3) is 0 Å². The average molecular weight is 239 g/mol. The van der Waals surface area contributed by atoms with Crippen LogP contribution in [0.25, 0.3) is 0 Å². The average Bonchev–Trinajstić information content (AvgIpc) is 2.38. The van der Waals surface area contributed by atoms with E-state index in [0.29, 0.717) is 0 Å². The summed E-state index contributed by atoms with van der Waals surface area (Å²) in [6.07, 6.45) is 2.31. The number of hydrogen-bond acceptors (Lipinski definition) is 0. The molecule has 0 aliphatic carbocycles. The van der Waals surface area contributed by atoms with E-state index >= 15 is 0 Å². The Morgan fingerprint density at radius 2 is 1.41 bits per heavy atom. The van der Waals surface area contributed by atoms with Gasteiger partial charge in [0.1, 0.15) is 0 Å². The third kappa shape index (κ3) is 3.30. The lowest BCUT2D eigenvalue weighted by atomic mass is 10.0. The Balaban J connectivity index is 2.09. The molecule has 87 valence electrons. The standard InChI is InChI=1S/C16H19Si/c1-17(2)16-11-7-6-10-15(16)13-12-14-8-4-3-5-9-14/h3-11H,12-13H2,1-2H3. The minimum absolute atomic E-state index is 0.345. The molecule has 0 fully saturated rings. The van der Waals surface area contributed by atoms with Crippen LogP contribution in [0, 0.1) is 0 Å². The highest BCUT2D eigenvalue weighted by molar-refractivity contribution is 6.71. The Hall–Kier alpha value is -1.34. The van der Waals surface area contributed by atoms with Crippen LogP contribution >= 0.6 is 0 Å². The molecule has 0 amide bonds. The molecule has 0 aromatic heterocycles. The molecule has 1 radical (unpaired) electrons. The molecule has 0 saturated heterocycles. The summed E-state index contributed by atoms with van der Waals surface area (Å²) in [5, 5.41) is 1.59. The van der Waals surface area contributed by atoms with Crippen LogP contribution in [-0.2, 0) is 12.8 Å². The van der Waals surface area contributed by atoms with Gasteiger partial charge in [-0.3, -0.25) is 0 Å². The van der Waals surface area contributed by atoms with Crippen molar-refractivity contribution >= 4 is 14.0 Å². The van der Waals surface area contributed by atoms with Gasteiger partial charge in [-0.15, -0.1) is 0 Å². The highest BCUT2D eigenvalue weighted by Gasteiger charge is 2.06. The van der Waals surface area contributed by atoms with E-state index in [1.165, 1.54) is 11.1 Å². The molecule has 0 saturated carbocycles. The lowest BCUT2D eigenvalue weighted by Crippen LogP contribution is -2.26. The van der Waals surface area contributed by atoms with E-state index in [2.05, 4.69) is 67.7 Å². The molecule has 0 nitrogen and oxygen atoms in total. The Labute approximate surface area is 106 Å². The topological polar surface area (TPSA) is 0 Å². The van der Waals surface area contributed by atoms with Crippen LogP contribution in [0.4, 0.5) is 0 Å². The Bertz CT molecular complexity index is 460. The molecule has 0 N–H and O–H groups in total. The molecule has 2 rings (SSSR count). The first kappa shape index (κ1) is 12.1. The van der Waals surface area contributed by atoms with Crippen molar-refractivity contribution in [2.75, 3.05) is 0 Å². The van der Waals surface area contributed by atoms with Crippen molar-refractivity contribution in [2.24, 2.45) is 0 Å². The second-order valence-electron chi connectivity index (χ2n) is 4.64. The second-order valence-corrected chi connectivity index (χ2v) is 7.18. The molecular formula is C16H19Si. The minimum atomic E-state index is -0.345. The highest BCUT2D eigenvalue weighted by Crippen LogP contribution is 2.06. The van der Waals surface area contributed by atoms with Crippen LogP contribution in [0.3, 0.4) is 0 Å². The molecule has 0 spiro atoms. The number of aryl methyl sites for hydroxylation is 2. The number of rotatable bonds is 4. The van der Waals surface area contributed by atoms with Crippen LogP contribution in [0.5, 0.6) is 0 Å². The number of hydrogen-bond donors (Lipinski definition) is 0. The maximum atomic E-state index is 2.37. The summed E-state index contributed by atoms with van der Waals surface area (Å²) < 4.78 is 0. The Morgan fingerprint density at radius 3 is 2.12 bits per heavy atom. The Kier molecular flexibility index (Phi) is 4.16. The summed E-state index contributed by atoms with van der Waals surface area (Å²) in [4.78, 5) is 0. The second kappa shape index (κ2) is 5.83. The zero-order valence-electron chi connectivity index (χ0n) is 10.6. The van der Waals surface area contributed by atoms with Crippen molar-refractivity contribution < 1.29 is 0 Å². The molecule has 17 heavy (non-hydrogen) atoms. The zero-order valence-corrected chi connectivity index (χ0v) is 11.6. The van der Waals surface area contributed by atoms with Crippen molar-refractivity contribution in [3.05, 3.63) is 65.7 Å². The van der Waals surface area contributed by atoms with Crippen LogP contribution in [0.15, 0.2) is 54.6 Å². The van der Waals surface area contributed by atoms with E-state index in [9.17, 15) is 0 Å². The van der Waals surface area contributed by atoms with Gasteiger partial charge in [-0.1, -0.05) is 72.9 Å². The van der Waals surface area contributed by atoms with E-state index in [-0.39, 0.29) is 8.80 Å². The third-order valence-corrected chi connectivity index (χ3v) is 4.65. The first-order valence-electron chi connectivity index (χ1n) is 6.20. The largest absolute Gasteiger partial charge is 0.0795 e. The fraction of sp³-hybridized carbons (Fsp3) is 0.250. The van der Waals surface area contributed by atoms with Gasteiger partial charge in [0.05, 0.1) is 8.80 Å². The predicted octanol–water partition coefficient (Wildman–Crippen LogP) is 3.43. The smallest absolute Gasteiger partial charge is 0.0671 e. The van der Waals surface area contributed by atoms with Gasteiger partial charge < -0.3 is 0 Å². The molecule has 2 aromatic rings. The Morgan fingerprint density at radius 1 is 0.765 bits per heavy atom. The minimum Gasteiger partial charge on any atom is -0.0671 e. The fourth-order valence-corrected chi connectivity index (χ4v) is 3.43. The summed E-state index contributed by atoms with van der Waals surface area (Å²) in [7, 11) is -0.345. The van der Waals surface area contributed by atoms with Crippen LogP contribution in [-0.4, -0.2) is 8.80 Å². The lowest BCUT2D eigenvalue weighted by Gasteiger charge is -2.11. The maximum Gasteiger partial charge on any atom is 0.0795 e. The van der Waals surface area contributed by atoms with Gasteiger partial charge in [0.15, 0.2) is 0 Å². The van der Waals surface area contributed by atoms with E-state index < -0.39 is 0 Å². The summed E-state index contributed by atoms with van der Waals surface area (Å²) in [6.45, 7) is 4.73. The summed E-state index contributed by atoms with van der Waals surface area (Å²) in [5.41, 5.74) is 2.97.